The van der Waals surface area contributed by atoms with Crippen LogP contribution in [0.3, 0.4) is 0 Å². The minimum Gasteiger partial charge on any atom is -0.480 e. The molecule has 5 nitrogen and oxygen atoms in total. The van der Waals surface area contributed by atoms with E-state index in [1.165, 1.54) is 18.9 Å². The molecule has 2 unspecified atom stereocenters. The summed E-state index contributed by atoms with van der Waals surface area (Å²) in [5.41, 5.74) is 0. The van der Waals surface area contributed by atoms with Crippen molar-refractivity contribution in [1.82, 2.24) is 5.32 Å². The number of aliphatic carboxylic acids is 1. The van der Waals surface area contributed by atoms with Crippen molar-refractivity contribution in [2.24, 2.45) is 0 Å². The molecule has 0 fully saturated rings. The van der Waals surface area contributed by atoms with Crippen LogP contribution in [0, 0.1) is 0 Å². The number of hydrogen-bond acceptors (Lipinski definition) is 4. The van der Waals surface area contributed by atoms with Gasteiger partial charge in [-0.3, -0.25) is 4.79 Å². The summed E-state index contributed by atoms with van der Waals surface area (Å²) in [6.45, 7) is 1.85. The molecule has 0 heterocycles. The highest BCUT2D eigenvalue weighted by Crippen LogP contribution is 2.25. The summed E-state index contributed by atoms with van der Waals surface area (Å²) in [6.07, 6.45) is 0.616. The summed E-state index contributed by atoms with van der Waals surface area (Å²) in [5.74, 6) is -1.38. The maximum Gasteiger partial charge on any atom is 0.328 e. The van der Waals surface area contributed by atoms with Gasteiger partial charge in [0.05, 0.1) is 11.9 Å². The minimum absolute atomic E-state index is 0.0481. The van der Waals surface area contributed by atoms with Gasteiger partial charge in [-0.2, -0.15) is 0 Å². The van der Waals surface area contributed by atoms with Gasteiger partial charge in [0, 0.05) is 12.0 Å². The molecule has 0 radical (unpaired) electrons. The molecule has 1 rings (SSSR count). The van der Waals surface area contributed by atoms with E-state index in [1.54, 1.807) is 0 Å². The second-order valence-electron chi connectivity index (χ2n) is 4.18. The average molecular weight is 297 g/mol. The molecule has 0 aliphatic carbocycles. The number of hydrogen-bond donors (Lipinski definition) is 2. The van der Waals surface area contributed by atoms with E-state index in [0.29, 0.717) is 6.42 Å². The molecule has 0 saturated heterocycles. The van der Waals surface area contributed by atoms with Gasteiger partial charge < -0.3 is 15.2 Å². The average Bonchev–Trinajstić information content (AvgIpc) is 2.45. The van der Waals surface area contributed by atoms with E-state index in [2.05, 4.69) is 5.32 Å². The number of amides is 1. The third-order valence-corrected chi connectivity index (χ3v) is 4.01. The van der Waals surface area contributed by atoms with Crippen molar-refractivity contribution in [3.05, 3.63) is 30.3 Å². The SMILES string of the molecule is CCC(Sc1ccccc1)C(=O)NC(COC)C(=O)O. The fourth-order valence-corrected chi connectivity index (χ4v) is 2.58. The Bertz CT molecular complexity index is 438. The number of methoxy groups -OCH3 is 1. The first-order valence-electron chi connectivity index (χ1n) is 6.32. The minimum atomic E-state index is -1.10. The molecule has 1 aromatic carbocycles. The monoisotopic (exact) mass is 297 g/mol. The molecule has 0 aliphatic rings. The molecule has 0 saturated carbocycles. The number of benzene rings is 1. The Morgan fingerprint density at radius 1 is 1.35 bits per heavy atom. The van der Waals surface area contributed by atoms with Gasteiger partial charge in [0.2, 0.25) is 5.91 Å². The zero-order valence-corrected chi connectivity index (χ0v) is 12.4. The van der Waals surface area contributed by atoms with Crippen LogP contribution in [0.15, 0.2) is 35.2 Å². The Labute approximate surface area is 122 Å². The lowest BCUT2D eigenvalue weighted by atomic mass is 10.2. The van der Waals surface area contributed by atoms with Crippen LogP contribution in [-0.4, -0.2) is 42.0 Å². The van der Waals surface area contributed by atoms with Crippen molar-refractivity contribution in [3.63, 3.8) is 0 Å². The highest BCUT2D eigenvalue weighted by atomic mass is 32.2. The first-order valence-corrected chi connectivity index (χ1v) is 7.20. The van der Waals surface area contributed by atoms with E-state index >= 15 is 0 Å². The Morgan fingerprint density at radius 2 is 2.00 bits per heavy atom. The van der Waals surface area contributed by atoms with Gasteiger partial charge in [-0.15, -0.1) is 11.8 Å². The van der Waals surface area contributed by atoms with Crippen LogP contribution >= 0.6 is 11.8 Å². The molecule has 2 N–H and O–H groups in total. The van der Waals surface area contributed by atoms with E-state index in [1.807, 2.05) is 37.3 Å². The number of carboxylic acids is 1. The second kappa shape index (κ2) is 8.60. The van der Waals surface area contributed by atoms with Crippen LogP contribution in [-0.2, 0) is 14.3 Å². The van der Waals surface area contributed by atoms with Crippen molar-refractivity contribution >= 4 is 23.6 Å². The smallest absolute Gasteiger partial charge is 0.328 e. The normalized spacial score (nSPS) is 13.5. The third kappa shape index (κ3) is 5.22. The van der Waals surface area contributed by atoms with Gasteiger partial charge >= 0.3 is 5.97 Å². The zero-order valence-electron chi connectivity index (χ0n) is 11.5. The highest BCUT2D eigenvalue weighted by molar-refractivity contribution is 8.00. The Balaban J connectivity index is 2.64. The molecule has 2 atom stereocenters. The topological polar surface area (TPSA) is 75.6 Å². The number of carboxylic acid groups (broad SMARTS) is 1. The lowest BCUT2D eigenvalue weighted by molar-refractivity contribution is -0.143. The number of carbonyl (C=O) groups excluding carboxylic acids is 1. The van der Waals surface area contributed by atoms with Gasteiger partial charge in [0.15, 0.2) is 6.04 Å². The maximum atomic E-state index is 12.1. The predicted molar refractivity (Wildman–Crippen MR) is 77.8 cm³/mol. The molecule has 110 valence electrons. The van der Waals surface area contributed by atoms with E-state index in [4.69, 9.17) is 9.84 Å². The second-order valence-corrected chi connectivity index (χ2v) is 5.46. The van der Waals surface area contributed by atoms with E-state index in [-0.39, 0.29) is 17.8 Å². The molecular weight excluding hydrogens is 278 g/mol. The number of carbonyl (C=O) groups is 2. The fraction of sp³-hybridized carbons (Fsp3) is 0.429. The summed E-state index contributed by atoms with van der Waals surface area (Å²) in [7, 11) is 1.40. The van der Waals surface area contributed by atoms with Gasteiger partial charge in [0.25, 0.3) is 0 Å². The number of thioether (sulfide) groups is 1. The highest BCUT2D eigenvalue weighted by Gasteiger charge is 2.24. The number of ether oxygens (including phenoxy) is 1. The summed E-state index contributed by atoms with van der Waals surface area (Å²) in [5, 5.41) is 11.2. The number of rotatable bonds is 8. The summed E-state index contributed by atoms with van der Waals surface area (Å²) in [6, 6.07) is 8.53. The van der Waals surface area contributed by atoms with Crippen LogP contribution in [0.2, 0.25) is 0 Å². The van der Waals surface area contributed by atoms with Crippen molar-refractivity contribution in [2.75, 3.05) is 13.7 Å². The molecule has 0 aliphatic heterocycles. The first-order chi connectivity index (χ1) is 9.58. The quantitative estimate of drug-likeness (QED) is 0.715. The lowest BCUT2D eigenvalue weighted by Gasteiger charge is -2.18. The van der Waals surface area contributed by atoms with Gasteiger partial charge in [-0.25, -0.2) is 4.79 Å². The van der Waals surface area contributed by atoms with Gasteiger partial charge in [-0.05, 0) is 18.6 Å². The Kier molecular flexibility index (Phi) is 7.11. The van der Waals surface area contributed by atoms with E-state index in [9.17, 15) is 9.59 Å². The lowest BCUT2D eigenvalue weighted by Crippen LogP contribution is -2.47. The standard InChI is InChI=1S/C14H19NO4S/c1-3-12(20-10-7-5-4-6-8-10)13(16)15-11(9-19-2)14(17)18/h4-8,11-12H,3,9H2,1-2H3,(H,15,16)(H,17,18). The molecule has 0 bridgehead atoms. The number of nitrogens with one attached hydrogen (secondary N) is 1. The van der Waals surface area contributed by atoms with E-state index < -0.39 is 12.0 Å². The third-order valence-electron chi connectivity index (χ3n) is 2.63. The molecule has 1 amide bonds. The summed E-state index contributed by atoms with van der Waals surface area (Å²) in [4.78, 5) is 24.1. The molecule has 20 heavy (non-hydrogen) atoms. The summed E-state index contributed by atoms with van der Waals surface area (Å²) < 4.78 is 4.80. The van der Waals surface area contributed by atoms with E-state index in [0.717, 1.165) is 4.90 Å². The summed E-state index contributed by atoms with van der Waals surface area (Å²) >= 11 is 1.42. The predicted octanol–water partition coefficient (Wildman–Crippen LogP) is 1.77. The van der Waals surface area contributed by atoms with Gasteiger partial charge in [0.1, 0.15) is 0 Å². The molecular formula is C14H19NO4S. The van der Waals surface area contributed by atoms with Crippen LogP contribution < -0.4 is 5.32 Å². The fourth-order valence-electron chi connectivity index (χ4n) is 1.59. The molecule has 6 heteroatoms. The Morgan fingerprint density at radius 3 is 2.50 bits per heavy atom. The van der Waals surface area contributed by atoms with Crippen molar-refractivity contribution in [1.29, 1.82) is 0 Å². The molecule has 0 spiro atoms. The first kappa shape index (κ1) is 16.5. The largest absolute Gasteiger partial charge is 0.480 e. The molecule has 1 aromatic rings. The Hall–Kier alpha value is -1.53. The van der Waals surface area contributed by atoms with Crippen molar-refractivity contribution < 1.29 is 19.4 Å². The van der Waals surface area contributed by atoms with Gasteiger partial charge in [-0.1, -0.05) is 25.1 Å². The van der Waals surface area contributed by atoms with Crippen molar-refractivity contribution in [2.45, 2.75) is 29.5 Å². The molecule has 0 aromatic heterocycles. The van der Waals surface area contributed by atoms with Crippen LogP contribution in [0.5, 0.6) is 0 Å². The zero-order chi connectivity index (χ0) is 15.0. The van der Waals surface area contributed by atoms with Crippen molar-refractivity contribution in [3.8, 4) is 0 Å². The van der Waals surface area contributed by atoms with Crippen LogP contribution in [0.1, 0.15) is 13.3 Å². The van der Waals surface area contributed by atoms with Crippen LogP contribution in [0.4, 0.5) is 0 Å². The maximum absolute atomic E-state index is 12.1. The van der Waals surface area contributed by atoms with Crippen LogP contribution in [0.25, 0.3) is 0 Å².